The SMILES string of the molecule is O=C1N(CCO)c2ccccc2C12CCN(Cc1cn[nH]c1-c1ccccc1)C2. The predicted octanol–water partition coefficient (Wildman–Crippen LogP) is 2.56. The van der Waals surface area contributed by atoms with Crippen LogP contribution in [0.25, 0.3) is 11.3 Å². The number of hydrogen-bond donors (Lipinski definition) is 2. The maximum Gasteiger partial charge on any atom is 0.239 e. The van der Waals surface area contributed by atoms with Gasteiger partial charge in [-0.2, -0.15) is 5.10 Å². The molecule has 1 amide bonds. The number of β-amino-alcohol motifs (C(OH)–C–C–N with tert-alkyl or cyclic N) is 1. The van der Waals surface area contributed by atoms with Crippen molar-refractivity contribution in [2.75, 3.05) is 31.1 Å². The number of aromatic nitrogens is 2. The zero-order valence-electron chi connectivity index (χ0n) is 16.2. The fourth-order valence-electron chi connectivity index (χ4n) is 4.86. The predicted molar refractivity (Wildman–Crippen MR) is 111 cm³/mol. The van der Waals surface area contributed by atoms with Crippen LogP contribution in [0.2, 0.25) is 0 Å². The Labute approximate surface area is 169 Å². The molecule has 0 saturated carbocycles. The van der Waals surface area contributed by atoms with Gasteiger partial charge in [0.15, 0.2) is 0 Å². The number of hydrogen-bond acceptors (Lipinski definition) is 4. The second-order valence-corrected chi connectivity index (χ2v) is 7.88. The lowest BCUT2D eigenvalue weighted by Crippen LogP contribution is -2.43. The standard InChI is InChI=1S/C23H24N4O2/c28-13-12-27-20-9-5-4-8-19(20)23(22(27)29)10-11-26(16-23)15-18-14-24-25-21(18)17-6-2-1-3-7-17/h1-9,14,28H,10-13,15-16H2,(H,24,25). The molecule has 29 heavy (non-hydrogen) atoms. The number of fused-ring (bicyclic) bond motifs is 2. The van der Waals surface area contributed by atoms with E-state index in [9.17, 15) is 9.90 Å². The monoisotopic (exact) mass is 388 g/mol. The Bertz CT molecular complexity index is 1030. The van der Waals surface area contributed by atoms with Crippen LogP contribution in [0.5, 0.6) is 0 Å². The Morgan fingerprint density at radius 3 is 2.72 bits per heavy atom. The van der Waals surface area contributed by atoms with Crippen molar-refractivity contribution in [2.24, 2.45) is 0 Å². The van der Waals surface area contributed by atoms with Crippen molar-refractivity contribution in [3.8, 4) is 11.3 Å². The second kappa shape index (κ2) is 7.13. The van der Waals surface area contributed by atoms with E-state index in [1.165, 1.54) is 0 Å². The number of aliphatic hydroxyl groups is 1. The lowest BCUT2D eigenvalue weighted by atomic mass is 9.81. The normalized spacial score (nSPS) is 21.3. The highest BCUT2D eigenvalue weighted by atomic mass is 16.3. The van der Waals surface area contributed by atoms with Crippen molar-refractivity contribution in [1.29, 1.82) is 0 Å². The molecular formula is C23H24N4O2. The van der Waals surface area contributed by atoms with Gasteiger partial charge in [0.05, 0.1) is 23.9 Å². The van der Waals surface area contributed by atoms with Crippen molar-refractivity contribution in [3.63, 3.8) is 0 Å². The van der Waals surface area contributed by atoms with Gasteiger partial charge in [0.1, 0.15) is 0 Å². The van der Waals surface area contributed by atoms with Crippen molar-refractivity contribution in [2.45, 2.75) is 18.4 Å². The minimum absolute atomic E-state index is 0.0324. The molecule has 2 aromatic carbocycles. The number of para-hydroxylation sites is 1. The van der Waals surface area contributed by atoms with Crippen LogP contribution in [0, 0.1) is 0 Å². The second-order valence-electron chi connectivity index (χ2n) is 7.88. The first kappa shape index (κ1) is 18.1. The van der Waals surface area contributed by atoms with Crippen LogP contribution >= 0.6 is 0 Å². The molecule has 2 N–H and O–H groups in total. The van der Waals surface area contributed by atoms with E-state index in [1.807, 2.05) is 42.6 Å². The average molecular weight is 388 g/mol. The van der Waals surface area contributed by atoms with Crippen molar-refractivity contribution < 1.29 is 9.90 Å². The molecule has 2 aliphatic rings. The molecule has 0 bridgehead atoms. The summed E-state index contributed by atoms with van der Waals surface area (Å²) in [6.45, 7) is 2.60. The minimum Gasteiger partial charge on any atom is -0.395 e. The number of aromatic amines is 1. The van der Waals surface area contributed by atoms with E-state index in [0.717, 1.165) is 47.6 Å². The van der Waals surface area contributed by atoms with Gasteiger partial charge in [0, 0.05) is 30.9 Å². The molecule has 3 heterocycles. The third-order valence-electron chi connectivity index (χ3n) is 6.21. The fraction of sp³-hybridized carbons (Fsp3) is 0.304. The third-order valence-corrected chi connectivity index (χ3v) is 6.21. The van der Waals surface area contributed by atoms with Gasteiger partial charge in [0.25, 0.3) is 0 Å². The fourth-order valence-corrected chi connectivity index (χ4v) is 4.86. The van der Waals surface area contributed by atoms with Crippen LogP contribution < -0.4 is 4.90 Å². The first-order valence-electron chi connectivity index (χ1n) is 10.1. The number of anilines is 1. The van der Waals surface area contributed by atoms with Crippen molar-refractivity contribution in [3.05, 3.63) is 71.9 Å². The summed E-state index contributed by atoms with van der Waals surface area (Å²) in [4.78, 5) is 17.5. The van der Waals surface area contributed by atoms with Crippen LogP contribution in [0.4, 0.5) is 5.69 Å². The van der Waals surface area contributed by atoms with Crippen LogP contribution in [0.15, 0.2) is 60.8 Å². The summed E-state index contributed by atoms with van der Waals surface area (Å²) in [5, 5.41) is 16.8. The summed E-state index contributed by atoms with van der Waals surface area (Å²) in [7, 11) is 0. The lowest BCUT2D eigenvalue weighted by molar-refractivity contribution is -0.122. The number of nitrogens with one attached hydrogen (secondary N) is 1. The van der Waals surface area contributed by atoms with E-state index in [0.29, 0.717) is 13.1 Å². The number of amides is 1. The van der Waals surface area contributed by atoms with E-state index >= 15 is 0 Å². The quantitative estimate of drug-likeness (QED) is 0.705. The summed E-state index contributed by atoms with van der Waals surface area (Å²) >= 11 is 0. The Hall–Kier alpha value is -2.96. The maximum atomic E-state index is 13.4. The van der Waals surface area contributed by atoms with Gasteiger partial charge in [-0.1, -0.05) is 48.5 Å². The van der Waals surface area contributed by atoms with Gasteiger partial charge >= 0.3 is 0 Å². The molecule has 1 fully saturated rings. The minimum atomic E-state index is -0.511. The van der Waals surface area contributed by atoms with E-state index in [1.54, 1.807) is 4.90 Å². The highest BCUT2D eigenvalue weighted by Gasteiger charge is 2.53. The largest absolute Gasteiger partial charge is 0.395 e. The summed E-state index contributed by atoms with van der Waals surface area (Å²) < 4.78 is 0. The van der Waals surface area contributed by atoms with Crippen LogP contribution in [-0.4, -0.2) is 52.4 Å². The van der Waals surface area contributed by atoms with Gasteiger partial charge in [-0.05, 0) is 30.2 Å². The van der Waals surface area contributed by atoms with Gasteiger partial charge in [-0.3, -0.25) is 14.8 Å². The highest BCUT2D eigenvalue weighted by molar-refractivity contribution is 6.08. The molecule has 148 valence electrons. The summed E-state index contributed by atoms with van der Waals surface area (Å²) in [6.07, 6.45) is 2.68. The van der Waals surface area contributed by atoms with Gasteiger partial charge in [-0.15, -0.1) is 0 Å². The molecule has 0 radical (unpaired) electrons. The zero-order valence-corrected chi connectivity index (χ0v) is 16.2. The highest BCUT2D eigenvalue weighted by Crippen LogP contribution is 2.47. The number of likely N-dealkylation sites (tertiary alicyclic amines) is 1. The first-order chi connectivity index (χ1) is 14.2. The number of rotatable bonds is 5. The zero-order chi connectivity index (χ0) is 19.8. The first-order valence-corrected chi connectivity index (χ1v) is 10.1. The van der Waals surface area contributed by atoms with Crippen molar-refractivity contribution >= 4 is 11.6 Å². The van der Waals surface area contributed by atoms with Crippen molar-refractivity contribution in [1.82, 2.24) is 15.1 Å². The Morgan fingerprint density at radius 2 is 1.90 bits per heavy atom. The van der Waals surface area contributed by atoms with E-state index in [2.05, 4.69) is 33.3 Å². The van der Waals surface area contributed by atoms with E-state index in [-0.39, 0.29) is 12.5 Å². The molecule has 0 aliphatic carbocycles. The molecule has 5 rings (SSSR count). The number of H-pyrrole nitrogens is 1. The summed E-state index contributed by atoms with van der Waals surface area (Å²) in [5.41, 5.74) is 4.82. The Morgan fingerprint density at radius 1 is 1.10 bits per heavy atom. The molecule has 1 atom stereocenters. The third kappa shape index (κ3) is 2.87. The molecule has 6 nitrogen and oxygen atoms in total. The molecule has 6 heteroatoms. The van der Waals surface area contributed by atoms with Crippen LogP contribution in [-0.2, 0) is 16.8 Å². The lowest BCUT2D eigenvalue weighted by Gasteiger charge is -2.24. The van der Waals surface area contributed by atoms with Crippen LogP contribution in [0.3, 0.4) is 0 Å². The molecule has 3 aromatic rings. The molecule has 1 spiro atoms. The number of aliphatic hydroxyl groups excluding tert-OH is 1. The van der Waals surface area contributed by atoms with E-state index in [4.69, 9.17) is 0 Å². The number of carbonyl (C=O) groups excluding carboxylic acids is 1. The molecule has 1 saturated heterocycles. The maximum absolute atomic E-state index is 13.4. The van der Waals surface area contributed by atoms with E-state index < -0.39 is 5.41 Å². The Balaban J connectivity index is 1.41. The summed E-state index contributed by atoms with van der Waals surface area (Å²) in [6, 6.07) is 18.2. The number of benzene rings is 2. The summed E-state index contributed by atoms with van der Waals surface area (Å²) in [5.74, 6) is 0.116. The van der Waals surface area contributed by atoms with Gasteiger partial charge in [0.2, 0.25) is 5.91 Å². The Kier molecular flexibility index (Phi) is 4.45. The topological polar surface area (TPSA) is 72.5 Å². The number of nitrogens with zero attached hydrogens (tertiary/aromatic N) is 3. The molecule has 1 aromatic heterocycles. The average Bonchev–Trinajstić information content (AvgIpc) is 3.45. The smallest absolute Gasteiger partial charge is 0.239 e. The number of carbonyl (C=O) groups is 1. The molecule has 2 aliphatic heterocycles. The molecular weight excluding hydrogens is 364 g/mol. The molecule has 1 unspecified atom stereocenters. The van der Waals surface area contributed by atoms with Gasteiger partial charge < -0.3 is 10.0 Å². The van der Waals surface area contributed by atoms with Crippen LogP contribution in [0.1, 0.15) is 17.5 Å². The van der Waals surface area contributed by atoms with Gasteiger partial charge in [-0.25, -0.2) is 0 Å².